The molecule has 0 heterocycles. The van der Waals surface area contributed by atoms with E-state index in [0.29, 0.717) is 16.6 Å². The Morgan fingerprint density at radius 3 is 2.77 bits per heavy atom. The second-order valence-corrected chi connectivity index (χ2v) is 3.82. The van der Waals surface area contributed by atoms with Gasteiger partial charge in [0, 0.05) is 5.56 Å². The van der Waals surface area contributed by atoms with Gasteiger partial charge < -0.3 is 10.8 Å². The highest BCUT2D eigenvalue weighted by Crippen LogP contribution is 2.33. The zero-order chi connectivity index (χ0) is 10.0. The molecule has 0 radical (unpaired) electrons. The molecule has 0 amide bonds. The van der Waals surface area contributed by atoms with Crippen LogP contribution in [0.1, 0.15) is 18.4 Å². The molecular weight excluding hydrogens is 237 g/mol. The summed E-state index contributed by atoms with van der Waals surface area (Å²) >= 11 is 3.06. The maximum absolute atomic E-state index is 12.9. The second-order valence-electron chi connectivity index (χ2n) is 2.96. The first-order valence-electron chi connectivity index (χ1n) is 3.94. The van der Waals surface area contributed by atoms with Crippen molar-refractivity contribution in [2.24, 2.45) is 5.73 Å². The number of hydrogen-bond acceptors (Lipinski definition) is 2. The van der Waals surface area contributed by atoms with Crippen molar-refractivity contribution in [1.29, 1.82) is 0 Å². The molecule has 0 aliphatic heterocycles. The van der Waals surface area contributed by atoms with E-state index in [1.807, 2.05) is 6.92 Å². The highest BCUT2D eigenvalue weighted by atomic mass is 79.9. The molecule has 1 atom stereocenters. The monoisotopic (exact) mass is 247 g/mol. The number of halogens is 2. The maximum Gasteiger partial charge on any atom is 0.133 e. The van der Waals surface area contributed by atoms with Crippen LogP contribution in [0.2, 0.25) is 0 Å². The van der Waals surface area contributed by atoms with Crippen molar-refractivity contribution in [3.8, 4) is 5.75 Å². The predicted molar refractivity (Wildman–Crippen MR) is 53.2 cm³/mol. The Morgan fingerprint density at radius 2 is 2.23 bits per heavy atom. The first kappa shape index (κ1) is 10.5. The van der Waals surface area contributed by atoms with Gasteiger partial charge in [0.1, 0.15) is 11.6 Å². The topological polar surface area (TPSA) is 46.2 Å². The number of phenolic OH excluding ortho intramolecular Hbond substituents is 1. The molecule has 1 unspecified atom stereocenters. The number of nitrogens with two attached hydrogens (primary N) is 1. The van der Waals surface area contributed by atoms with Gasteiger partial charge in [0.25, 0.3) is 0 Å². The van der Waals surface area contributed by atoms with Crippen LogP contribution in [0.5, 0.6) is 5.75 Å². The first-order valence-corrected chi connectivity index (χ1v) is 4.73. The zero-order valence-corrected chi connectivity index (χ0v) is 8.81. The summed E-state index contributed by atoms with van der Waals surface area (Å²) in [5, 5.41) is 9.55. The summed E-state index contributed by atoms with van der Waals surface area (Å²) in [6, 6.07) is 2.53. The molecular formula is C9H11BrFNO. The van der Waals surface area contributed by atoms with Crippen molar-refractivity contribution in [3.63, 3.8) is 0 Å². The van der Waals surface area contributed by atoms with E-state index in [1.165, 1.54) is 12.1 Å². The highest BCUT2D eigenvalue weighted by Gasteiger charge is 2.13. The molecule has 0 saturated heterocycles. The van der Waals surface area contributed by atoms with Crippen LogP contribution in [0, 0.1) is 5.82 Å². The lowest BCUT2D eigenvalue weighted by Gasteiger charge is -2.12. The molecule has 2 nitrogen and oxygen atoms in total. The van der Waals surface area contributed by atoms with E-state index in [4.69, 9.17) is 5.73 Å². The number of rotatable bonds is 2. The van der Waals surface area contributed by atoms with Crippen molar-refractivity contribution in [2.45, 2.75) is 12.8 Å². The van der Waals surface area contributed by atoms with Crippen LogP contribution >= 0.6 is 15.9 Å². The highest BCUT2D eigenvalue weighted by molar-refractivity contribution is 9.10. The molecule has 0 fully saturated rings. The minimum absolute atomic E-state index is 0.0491. The third-order valence-electron chi connectivity index (χ3n) is 1.94. The Hall–Kier alpha value is -0.610. The lowest BCUT2D eigenvalue weighted by Crippen LogP contribution is -2.09. The Labute approximate surface area is 84.7 Å². The standard InChI is InChI=1S/C9H11BrFNO/c1-5(4-12)7-2-6(11)3-8(10)9(7)13/h2-3,5,13H,4,12H2,1H3. The molecule has 0 spiro atoms. The number of hydrogen-bond donors (Lipinski definition) is 2. The molecule has 72 valence electrons. The van der Waals surface area contributed by atoms with Crippen molar-refractivity contribution in [1.82, 2.24) is 0 Å². The Morgan fingerprint density at radius 1 is 1.62 bits per heavy atom. The molecule has 0 aliphatic carbocycles. The summed E-state index contributed by atoms with van der Waals surface area (Å²) < 4.78 is 13.3. The van der Waals surface area contributed by atoms with E-state index in [-0.39, 0.29) is 17.5 Å². The van der Waals surface area contributed by atoms with Crippen molar-refractivity contribution < 1.29 is 9.50 Å². The fraction of sp³-hybridized carbons (Fsp3) is 0.333. The summed E-state index contributed by atoms with van der Waals surface area (Å²) in [4.78, 5) is 0. The third-order valence-corrected chi connectivity index (χ3v) is 2.55. The number of benzene rings is 1. The molecule has 0 aliphatic rings. The molecule has 0 bridgehead atoms. The third kappa shape index (κ3) is 2.19. The van der Waals surface area contributed by atoms with E-state index in [2.05, 4.69) is 15.9 Å². The largest absolute Gasteiger partial charge is 0.506 e. The van der Waals surface area contributed by atoms with Crippen LogP contribution < -0.4 is 5.73 Å². The van der Waals surface area contributed by atoms with Gasteiger partial charge in [-0.3, -0.25) is 0 Å². The van der Waals surface area contributed by atoms with E-state index < -0.39 is 0 Å². The van der Waals surface area contributed by atoms with Crippen molar-refractivity contribution in [2.75, 3.05) is 6.54 Å². The van der Waals surface area contributed by atoms with Crippen LogP contribution in [-0.2, 0) is 0 Å². The summed E-state index contributed by atoms with van der Waals surface area (Å²) in [6.45, 7) is 2.21. The Balaban J connectivity index is 3.20. The average Bonchev–Trinajstić information content (AvgIpc) is 2.10. The van der Waals surface area contributed by atoms with Gasteiger partial charge >= 0.3 is 0 Å². The Bertz CT molecular complexity index is 317. The van der Waals surface area contributed by atoms with Gasteiger partial charge in [0.05, 0.1) is 4.47 Å². The first-order chi connectivity index (χ1) is 6.06. The normalized spacial score (nSPS) is 12.9. The summed E-state index contributed by atoms with van der Waals surface area (Å²) in [6.07, 6.45) is 0. The predicted octanol–water partition coefficient (Wildman–Crippen LogP) is 2.36. The van der Waals surface area contributed by atoms with Crippen LogP contribution in [0.4, 0.5) is 4.39 Å². The number of aromatic hydroxyl groups is 1. The van der Waals surface area contributed by atoms with Crippen LogP contribution in [0.3, 0.4) is 0 Å². The lowest BCUT2D eigenvalue weighted by atomic mass is 10.0. The molecule has 1 aromatic carbocycles. The van der Waals surface area contributed by atoms with Gasteiger partial charge in [-0.05, 0) is 40.5 Å². The zero-order valence-electron chi connectivity index (χ0n) is 7.22. The van der Waals surface area contributed by atoms with Crippen molar-refractivity contribution in [3.05, 3.63) is 28.0 Å². The fourth-order valence-corrected chi connectivity index (χ4v) is 1.54. The van der Waals surface area contributed by atoms with Crippen LogP contribution in [0.15, 0.2) is 16.6 Å². The van der Waals surface area contributed by atoms with Gasteiger partial charge in [-0.1, -0.05) is 6.92 Å². The molecule has 0 saturated carbocycles. The van der Waals surface area contributed by atoms with Gasteiger partial charge in [-0.2, -0.15) is 0 Å². The maximum atomic E-state index is 12.9. The van der Waals surface area contributed by atoms with Gasteiger partial charge in [0.2, 0.25) is 0 Å². The summed E-state index contributed by atoms with van der Waals surface area (Å²) in [5.41, 5.74) is 5.96. The average molecular weight is 248 g/mol. The minimum atomic E-state index is -0.375. The number of phenols is 1. The summed E-state index contributed by atoms with van der Waals surface area (Å²) in [7, 11) is 0. The minimum Gasteiger partial charge on any atom is -0.506 e. The molecule has 13 heavy (non-hydrogen) atoms. The van der Waals surface area contributed by atoms with E-state index in [9.17, 15) is 9.50 Å². The lowest BCUT2D eigenvalue weighted by molar-refractivity contribution is 0.456. The Kier molecular flexibility index (Phi) is 3.27. The molecule has 1 rings (SSSR count). The van der Waals surface area contributed by atoms with Crippen LogP contribution in [0.25, 0.3) is 0 Å². The molecule has 3 N–H and O–H groups in total. The van der Waals surface area contributed by atoms with E-state index >= 15 is 0 Å². The van der Waals surface area contributed by atoms with E-state index in [0.717, 1.165) is 0 Å². The quantitative estimate of drug-likeness (QED) is 0.843. The van der Waals surface area contributed by atoms with Gasteiger partial charge in [-0.15, -0.1) is 0 Å². The van der Waals surface area contributed by atoms with E-state index in [1.54, 1.807) is 0 Å². The van der Waals surface area contributed by atoms with Gasteiger partial charge in [0.15, 0.2) is 0 Å². The summed E-state index contributed by atoms with van der Waals surface area (Å²) in [5.74, 6) is -0.355. The molecule has 4 heteroatoms. The fourth-order valence-electron chi connectivity index (χ4n) is 1.09. The SMILES string of the molecule is CC(CN)c1cc(F)cc(Br)c1O. The smallest absolute Gasteiger partial charge is 0.133 e. The molecule has 1 aromatic rings. The van der Waals surface area contributed by atoms with Crippen molar-refractivity contribution >= 4 is 15.9 Å². The van der Waals surface area contributed by atoms with Crippen LogP contribution in [-0.4, -0.2) is 11.7 Å². The second kappa shape index (κ2) is 4.07. The molecule has 0 aromatic heterocycles. The van der Waals surface area contributed by atoms with Gasteiger partial charge in [-0.25, -0.2) is 4.39 Å².